The molecule has 0 unspecified atom stereocenters. The highest BCUT2D eigenvalue weighted by Gasteiger charge is 2.47. The van der Waals surface area contributed by atoms with Gasteiger partial charge in [-0.25, -0.2) is 0 Å². The maximum Gasteiger partial charge on any atom is 0.271 e. The van der Waals surface area contributed by atoms with E-state index >= 15 is 0 Å². The molecule has 1 aromatic rings. The first-order valence-corrected chi connectivity index (χ1v) is 10.5. The normalized spacial score (nSPS) is 26.1. The second kappa shape index (κ2) is 8.21. The molecule has 3 heterocycles. The number of amides is 1. The van der Waals surface area contributed by atoms with Crippen molar-refractivity contribution >= 4 is 11.6 Å². The fourth-order valence-corrected chi connectivity index (χ4v) is 4.67. The Morgan fingerprint density at radius 2 is 1.96 bits per heavy atom. The van der Waals surface area contributed by atoms with Crippen LogP contribution in [0.2, 0.25) is 0 Å². The molecule has 2 fully saturated rings. The molecule has 0 N–H and O–H groups in total. The molecular formula is C22H32N4O2. The average Bonchev–Trinajstić information content (AvgIpc) is 3.33. The summed E-state index contributed by atoms with van der Waals surface area (Å²) in [6.45, 7) is 4.53. The van der Waals surface area contributed by atoms with E-state index in [9.17, 15) is 4.79 Å². The number of benzene rings is 1. The van der Waals surface area contributed by atoms with Gasteiger partial charge in [0.25, 0.3) is 5.91 Å². The second-order valence-corrected chi connectivity index (χ2v) is 8.74. The summed E-state index contributed by atoms with van der Waals surface area (Å²) >= 11 is 0. The molecule has 0 bridgehead atoms. The van der Waals surface area contributed by atoms with Gasteiger partial charge in [-0.15, -0.1) is 0 Å². The molecule has 4 rings (SSSR count). The van der Waals surface area contributed by atoms with E-state index in [1.807, 2.05) is 4.90 Å². The van der Waals surface area contributed by atoms with E-state index in [1.165, 1.54) is 5.56 Å². The van der Waals surface area contributed by atoms with Gasteiger partial charge in [-0.05, 0) is 38.9 Å². The predicted octanol–water partition coefficient (Wildman–Crippen LogP) is 2.00. The SMILES string of the molecule is CN(C)C1CCN(C(=O)C2=NO[C@@]3(CCN(CCc4ccccc4)C3)C2)CC1. The Morgan fingerprint density at radius 3 is 2.68 bits per heavy atom. The van der Waals surface area contributed by atoms with E-state index in [-0.39, 0.29) is 11.5 Å². The zero-order valence-electron chi connectivity index (χ0n) is 17.1. The molecule has 3 aliphatic heterocycles. The number of likely N-dealkylation sites (tertiary alicyclic amines) is 2. The van der Waals surface area contributed by atoms with Gasteiger partial charge in [0.05, 0.1) is 0 Å². The van der Waals surface area contributed by atoms with Crippen LogP contribution in [0.25, 0.3) is 0 Å². The Hall–Kier alpha value is -1.92. The molecule has 6 nitrogen and oxygen atoms in total. The summed E-state index contributed by atoms with van der Waals surface area (Å²) in [5.41, 5.74) is 1.70. The van der Waals surface area contributed by atoms with Crippen molar-refractivity contribution in [3.63, 3.8) is 0 Å². The van der Waals surface area contributed by atoms with E-state index < -0.39 is 0 Å². The molecule has 3 aliphatic rings. The minimum absolute atomic E-state index is 0.0804. The van der Waals surface area contributed by atoms with Crippen LogP contribution in [0.15, 0.2) is 35.5 Å². The Labute approximate surface area is 168 Å². The van der Waals surface area contributed by atoms with Crippen LogP contribution < -0.4 is 0 Å². The van der Waals surface area contributed by atoms with Crippen LogP contribution in [0.1, 0.15) is 31.2 Å². The number of hydrogen-bond acceptors (Lipinski definition) is 5. The lowest BCUT2D eigenvalue weighted by atomic mass is 9.95. The van der Waals surface area contributed by atoms with Crippen molar-refractivity contribution < 1.29 is 9.63 Å². The average molecular weight is 385 g/mol. The molecule has 1 atom stereocenters. The highest BCUT2D eigenvalue weighted by Crippen LogP contribution is 2.34. The van der Waals surface area contributed by atoms with Gasteiger partial charge in [0.1, 0.15) is 5.71 Å². The number of nitrogens with zero attached hydrogens (tertiary/aromatic N) is 4. The van der Waals surface area contributed by atoms with Crippen LogP contribution in [0.4, 0.5) is 0 Å². The van der Waals surface area contributed by atoms with Crippen molar-refractivity contribution in [2.24, 2.45) is 5.16 Å². The summed E-state index contributed by atoms with van der Waals surface area (Å²) in [4.78, 5) is 25.4. The summed E-state index contributed by atoms with van der Waals surface area (Å²) in [5.74, 6) is 0.0804. The van der Waals surface area contributed by atoms with Crippen LogP contribution in [0.3, 0.4) is 0 Å². The molecule has 1 aromatic carbocycles. The number of rotatable bonds is 5. The lowest BCUT2D eigenvalue weighted by molar-refractivity contribution is -0.125. The van der Waals surface area contributed by atoms with Crippen molar-refractivity contribution in [2.75, 3.05) is 46.8 Å². The molecular weight excluding hydrogens is 352 g/mol. The molecule has 1 amide bonds. The van der Waals surface area contributed by atoms with Crippen molar-refractivity contribution in [2.45, 2.75) is 43.7 Å². The van der Waals surface area contributed by atoms with Crippen LogP contribution in [0, 0.1) is 0 Å². The molecule has 1 spiro atoms. The zero-order valence-corrected chi connectivity index (χ0v) is 17.1. The van der Waals surface area contributed by atoms with Crippen molar-refractivity contribution in [3.8, 4) is 0 Å². The number of oxime groups is 1. The van der Waals surface area contributed by atoms with E-state index in [0.717, 1.165) is 58.4 Å². The Morgan fingerprint density at radius 1 is 1.21 bits per heavy atom. The molecule has 152 valence electrons. The van der Waals surface area contributed by atoms with Crippen LogP contribution in [0.5, 0.6) is 0 Å². The van der Waals surface area contributed by atoms with Gasteiger partial charge in [-0.3, -0.25) is 9.69 Å². The van der Waals surface area contributed by atoms with Gasteiger partial charge in [0.15, 0.2) is 5.60 Å². The van der Waals surface area contributed by atoms with Crippen molar-refractivity contribution in [1.82, 2.24) is 14.7 Å². The fourth-order valence-electron chi connectivity index (χ4n) is 4.67. The lowest BCUT2D eigenvalue weighted by Crippen LogP contribution is -2.47. The van der Waals surface area contributed by atoms with E-state index in [2.05, 4.69) is 59.4 Å². The molecule has 6 heteroatoms. The van der Waals surface area contributed by atoms with Crippen LogP contribution in [-0.2, 0) is 16.1 Å². The minimum atomic E-state index is -0.288. The first-order chi connectivity index (χ1) is 13.5. The summed E-state index contributed by atoms with van der Waals surface area (Å²) in [5, 5.41) is 4.24. The van der Waals surface area contributed by atoms with Crippen LogP contribution >= 0.6 is 0 Å². The van der Waals surface area contributed by atoms with Crippen molar-refractivity contribution in [3.05, 3.63) is 35.9 Å². The van der Waals surface area contributed by atoms with Gasteiger partial charge >= 0.3 is 0 Å². The zero-order chi connectivity index (χ0) is 19.6. The monoisotopic (exact) mass is 384 g/mol. The van der Waals surface area contributed by atoms with Gasteiger partial charge in [-0.1, -0.05) is 35.5 Å². The molecule has 28 heavy (non-hydrogen) atoms. The van der Waals surface area contributed by atoms with Gasteiger partial charge < -0.3 is 14.6 Å². The number of carbonyl (C=O) groups excluding carboxylic acids is 1. The summed E-state index contributed by atoms with van der Waals surface area (Å²) in [6.07, 6.45) is 4.72. The summed E-state index contributed by atoms with van der Waals surface area (Å²) in [7, 11) is 4.23. The first kappa shape index (κ1) is 19.4. The molecule has 2 saturated heterocycles. The van der Waals surface area contributed by atoms with E-state index in [1.54, 1.807) is 0 Å². The molecule has 0 radical (unpaired) electrons. The van der Waals surface area contributed by atoms with E-state index in [0.29, 0.717) is 18.2 Å². The Kier molecular flexibility index (Phi) is 5.69. The highest BCUT2D eigenvalue weighted by molar-refractivity contribution is 6.39. The summed E-state index contributed by atoms with van der Waals surface area (Å²) < 4.78 is 0. The van der Waals surface area contributed by atoms with Crippen LogP contribution in [-0.4, -0.2) is 84.8 Å². The molecule has 0 aromatic heterocycles. The molecule has 0 aliphatic carbocycles. The quantitative estimate of drug-likeness (QED) is 0.779. The lowest BCUT2D eigenvalue weighted by Gasteiger charge is -2.35. The van der Waals surface area contributed by atoms with E-state index in [4.69, 9.17) is 4.84 Å². The predicted molar refractivity (Wildman–Crippen MR) is 110 cm³/mol. The maximum absolute atomic E-state index is 12.9. The van der Waals surface area contributed by atoms with Gasteiger partial charge in [0.2, 0.25) is 0 Å². The Balaban J connectivity index is 1.26. The first-order valence-electron chi connectivity index (χ1n) is 10.5. The van der Waals surface area contributed by atoms with Crippen molar-refractivity contribution in [1.29, 1.82) is 0 Å². The second-order valence-electron chi connectivity index (χ2n) is 8.74. The Bertz CT molecular complexity index is 713. The number of hydrogen-bond donors (Lipinski definition) is 0. The smallest absolute Gasteiger partial charge is 0.271 e. The third-order valence-electron chi connectivity index (χ3n) is 6.52. The largest absolute Gasteiger partial charge is 0.387 e. The topological polar surface area (TPSA) is 48.4 Å². The number of carbonyl (C=O) groups is 1. The summed E-state index contributed by atoms with van der Waals surface area (Å²) in [6, 6.07) is 11.2. The maximum atomic E-state index is 12.9. The minimum Gasteiger partial charge on any atom is -0.387 e. The third kappa shape index (κ3) is 4.23. The highest BCUT2D eigenvalue weighted by atomic mass is 16.7. The fraction of sp³-hybridized carbons (Fsp3) is 0.636. The van der Waals surface area contributed by atoms with Gasteiger partial charge in [0, 0.05) is 51.6 Å². The molecule has 0 saturated carbocycles. The standard InChI is InChI=1S/C22H32N4O2/c1-24(2)19-9-13-26(14-10-19)21(27)20-16-22(28-23-20)11-15-25(17-22)12-8-18-6-4-3-5-7-18/h3-7,19H,8-17H2,1-2H3/t22-/m0/s1. The third-order valence-corrected chi connectivity index (χ3v) is 6.52. The van der Waals surface area contributed by atoms with Gasteiger partial charge in [-0.2, -0.15) is 0 Å². The number of piperidine rings is 1.